The van der Waals surface area contributed by atoms with E-state index in [1.54, 1.807) is 6.92 Å². The topological polar surface area (TPSA) is 150 Å². The van der Waals surface area contributed by atoms with Crippen LogP contribution in [0.25, 0.3) is 0 Å². The third-order valence-electron chi connectivity index (χ3n) is 6.67. The molecule has 3 atom stereocenters. The molecule has 30 heavy (non-hydrogen) atoms. The van der Waals surface area contributed by atoms with Crippen LogP contribution >= 0.6 is 0 Å². The minimum Gasteiger partial charge on any atom is -0.511 e. The molecule has 0 fully saturated rings. The summed E-state index contributed by atoms with van der Waals surface area (Å²) in [6.07, 6.45) is 0.996. The molecule has 0 aromatic heterocycles. The predicted octanol–water partition coefficient (Wildman–Crippen LogP) is 2.62. The second-order valence-corrected chi connectivity index (χ2v) is 8.27. The number of aliphatic hydroxyl groups is 1. The Morgan fingerprint density at radius 2 is 2.03 bits per heavy atom. The van der Waals surface area contributed by atoms with Gasteiger partial charge < -0.3 is 16.6 Å². The number of aliphatic hydroxyl groups excluding tert-OH is 1. The molecule has 1 aromatic rings. The van der Waals surface area contributed by atoms with Gasteiger partial charge in [0.1, 0.15) is 5.76 Å². The first-order valence-corrected chi connectivity index (χ1v) is 9.82. The number of ketones is 2. The highest BCUT2D eigenvalue weighted by molar-refractivity contribution is 6.13. The van der Waals surface area contributed by atoms with E-state index < -0.39 is 10.8 Å². The van der Waals surface area contributed by atoms with Gasteiger partial charge in [0.05, 0.1) is 10.5 Å². The minimum absolute atomic E-state index is 0.0113. The lowest BCUT2D eigenvalue weighted by atomic mass is 9.60. The molecule has 1 aromatic carbocycles. The number of nitrogens with zero attached hydrogens (tertiary/aromatic N) is 1. The average Bonchev–Trinajstić information content (AvgIpc) is 2.65. The van der Waals surface area contributed by atoms with Gasteiger partial charge in [-0.2, -0.15) is 0 Å². The molecular weight excluding hydrogens is 386 g/mol. The summed E-state index contributed by atoms with van der Waals surface area (Å²) in [7, 11) is 0. The van der Waals surface area contributed by atoms with Crippen molar-refractivity contribution < 1.29 is 19.6 Å². The number of nitro benzene ring substituents is 1. The van der Waals surface area contributed by atoms with Crippen molar-refractivity contribution in [2.75, 3.05) is 0 Å². The van der Waals surface area contributed by atoms with Crippen molar-refractivity contribution in [3.63, 3.8) is 0 Å². The van der Waals surface area contributed by atoms with Gasteiger partial charge in [-0.25, -0.2) is 0 Å². The Labute approximate surface area is 173 Å². The van der Waals surface area contributed by atoms with Gasteiger partial charge in [-0.15, -0.1) is 0 Å². The van der Waals surface area contributed by atoms with Crippen molar-refractivity contribution >= 4 is 17.3 Å². The number of hydrogen-bond acceptors (Lipinski definition) is 7. The molecule has 3 aliphatic carbocycles. The normalized spacial score (nSPS) is 25.6. The zero-order valence-corrected chi connectivity index (χ0v) is 16.6. The predicted molar refractivity (Wildman–Crippen MR) is 109 cm³/mol. The summed E-state index contributed by atoms with van der Waals surface area (Å²) < 4.78 is 0. The van der Waals surface area contributed by atoms with E-state index in [9.17, 15) is 24.8 Å². The van der Waals surface area contributed by atoms with Crippen molar-refractivity contribution in [1.82, 2.24) is 0 Å². The number of allylic oxidation sites excluding steroid dienone is 3. The highest BCUT2D eigenvalue weighted by Gasteiger charge is 2.47. The molecule has 3 aliphatic rings. The van der Waals surface area contributed by atoms with E-state index >= 15 is 0 Å². The highest BCUT2D eigenvalue weighted by atomic mass is 16.6. The number of nitro groups is 1. The third kappa shape index (κ3) is 2.71. The minimum atomic E-state index is -0.491. The molecule has 5 N–H and O–H groups in total. The summed E-state index contributed by atoms with van der Waals surface area (Å²) in [5.74, 6) is -1.61. The summed E-state index contributed by atoms with van der Waals surface area (Å²) in [6, 6.07) is 2.93. The molecule has 3 unspecified atom stereocenters. The molecule has 0 aliphatic heterocycles. The van der Waals surface area contributed by atoms with Gasteiger partial charge in [0.15, 0.2) is 11.6 Å². The molecule has 0 heterocycles. The molecule has 4 rings (SSSR count). The van der Waals surface area contributed by atoms with E-state index in [-0.39, 0.29) is 59.1 Å². The Morgan fingerprint density at radius 3 is 2.63 bits per heavy atom. The van der Waals surface area contributed by atoms with Crippen LogP contribution in [0.5, 0.6) is 0 Å². The van der Waals surface area contributed by atoms with Crippen LogP contribution in [0, 0.1) is 27.9 Å². The third-order valence-corrected chi connectivity index (χ3v) is 6.67. The van der Waals surface area contributed by atoms with Crippen molar-refractivity contribution in [3.8, 4) is 0 Å². The molecule has 0 radical (unpaired) electrons. The fourth-order valence-corrected chi connectivity index (χ4v) is 5.52. The first kappa shape index (κ1) is 20.0. The van der Waals surface area contributed by atoms with E-state index in [0.29, 0.717) is 40.7 Å². The number of rotatable bonds is 3. The van der Waals surface area contributed by atoms with Crippen molar-refractivity contribution in [2.24, 2.45) is 29.2 Å². The number of benzene rings is 1. The van der Waals surface area contributed by atoms with Crippen LogP contribution in [0.3, 0.4) is 0 Å². The van der Waals surface area contributed by atoms with Gasteiger partial charge >= 0.3 is 0 Å². The second kappa shape index (κ2) is 6.91. The summed E-state index contributed by atoms with van der Waals surface area (Å²) in [4.78, 5) is 37.1. The van der Waals surface area contributed by atoms with E-state index in [4.69, 9.17) is 11.5 Å². The van der Waals surface area contributed by atoms with Gasteiger partial charge in [-0.3, -0.25) is 19.7 Å². The van der Waals surface area contributed by atoms with Gasteiger partial charge in [0.25, 0.3) is 5.69 Å². The fraction of sp³-hybridized carbons (Fsp3) is 0.364. The monoisotopic (exact) mass is 409 g/mol. The Morgan fingerprint density at radius 1 is 1.33 bits per heavy atom. The molecule has 0 saturated heterocycles. The molecule has 8 heteroatoms. The van der Waals surface area contributed by atoms with Crippen LogP contribution in [0.15, 0.2) is 46.9 Å². The lowest BCUT2D eigenvalue weighted by Crippen LogP contribution is -2.40. The van der Waals surface area contributed by atoms with E-state index in [0.717, 1.165) is 0 Å². The van der Waals surface area contributed by atoms with Crippen LogP contribution in [0.4, 0.5) is 5.69 Å². The van der Waals surface area contributed by atoms with Crippen molar-refractivity contribution in [3.05, 3.63) is 73.7 Å². The standard InChI is InChI=1S/C22H23N3O5/c1-9-17-12(5-13-7-16(26)19(10(2)24)21(27)18(9)13)6-14-15(25(29)30)4-3-11(8-23)20(14)22(17)28/h3-4,12-13,18,27H,2,5-8,23-24H2,1H3. The number of hydrogen-bond donors (Lipinski definition) is 3. The van der Waals surface area contributed by atoms with Gasteiger partial charge in [0, 0.05) is 47.3 Å². The first-order chi connectivity index (χ1) is 14.2. The van der Waals surface area contributed by atoms with Crippen molar-refractivity contribution in [2.45, 2.75) is 32.7 Å². The zero-order chi connectivity index (χ0) is 21.9. The number of Topliss-reactive ketones (excluding diaryl/α,β-unsaturated/α-hetero) is 2. The molecule has 0 bridgehead atoms. The van der Waals surface area contributed by atoms with Gasteiger partial charge in [-0.1, -0.05) is 18.2 Å². The summed E-state index contributed by atoms with van der Waals surface area (Å²) in [5, 5.41) is 22.4. The maximum Gasteiger partial charge on any atom is 0.273 e. The van der Waals surface area contributed by atoms with E-state index in [1.807, 2.05) is 0 Å². The molecule has 0 spiro atoms. The Bertz CT molecular complexity index is 1100. The second-order valence-electron chi connectivity index (χ2n) is 8.27. The van der Waals surface area contributed by atoms with Crippen LogP contribution in [-0.4, -0.2) is 21.6 Å². The number of carbonyl (C=O) groups excluding carboxylic acids is 2. The zero-order valence-electron chi connectivity index (χ0n) is 16.6. The van der Waals surface area contributed by atoms with Gasteiger partial charge in [-0.05, 0) is 37.2 Å². The largest absolute Gasteiger partial charge is 0.511 e. The summed E-state index contributed by atoms with van der Waals surface area (Å²) >= 11 is 0. The van der Waals surface area contributed by atoms with Crippen LogP contribution in [-0.2, 0) is 17.8 Å². The van der Waals surface area contributed by atoms with E-state index in [1.165, 1.54) is 12.1 Å². The molecule has 0 amide bonds. The number of carbonyl (C=O) groups is 2. The quantitative estimate of drug-likeness (QED) is 0.513. The SMILES string of the molecule is C=C(N)C1=C(O)C2C(C)=C3C(=O)c4c(CN)ccc([N+](=O)[O-])c4CC3CC2CC1=O. The van der Waals surface area contributed by atoms with Crippen molar-refractivity contribution in [1.29, 1.82) is 0 Å². The fourth-order valence-electron chi connectivity index (χ4n) is 5.52. The number of fused-ring (bicyclic) bond motifs is 3. The van der Waals surface area contributed by atoms with Crippen LogP contribution < -0.4 is 11.5 Å². The summed E-state index contributed by atoms with van der Waals surface area (Å²) in [6.45, 7) is 5.47. The number of nitrogens with two attached hydrogens (primary N) is 2. The lowest BCUT2D eigenvalue weighted by molar-refractivity contribution is -0.385. The molecule has 0 saturated carbocycles. The first-order valence-electron chi connectivity index (χ1n) is 9.82. The molecule has 8 nitrogen and oxygen atoms in total. The average molecular weight is 409 g/mol. The highest BCUT2D eigenvalue weighted by Crippen LogP contribution is 2.51. The summed E-state index contributed by atoms with van der Waals surface area (Å²) in [5.41, 5.74) is 14.0. The molecular formula is C22H23N3O5. The van der Waals surface area contributed by atoms with Crippen LogP contribution in [0.2, 0.25) is 0 Å². The van der Waals surface area contributed by atoms with Gasteiger partial charge in [0.2, 0.25) is 0 Å². The van der Waals surface area contributed by atoms with Crippen LogP contribution in [0.1, 0.15) is 41.3 Å². The van der Waals surface area contributed by atoms with E-state index in [2.05, 4.69) is 6.58 Å². The lowest BCUT2D eigenvalue weighted by Gasteiger charge is -2.42. The Balaban J connectivity index is 1.92. The maximum atomic E-state index is 13.5. The Hall–Kier alpha value is -3.26. The Kier molecular flexibility index (Phi) is 4.62. The molecule has 156 valence electrons. The smallest absolute Gasteiger partial charge is 0.273 e. The maximum absolute atomic E-state index is 13.5.